The maximum Gasteiger partial charge on any atom is 0.341 e. The van der Waals surface area contributed by atoms with E-state index >= 15 is 0 Å². The number of ether oxygens (including phenoxy) is 1. The van der Waals surface area contributed by atoms with Gasteiger partial charge in [-0.25, -0.2) is 9.78 Å². The SMILES string of the molecule is COC(=O)c1c(-c2ccc(Cl)cc2)csc1NC(=O)c1cc(-c2cccs2)nc2ccccc12. The third kappa shape index (κ3) is 4.21. The highest BCUT2D eigenvalue weighted by Crippen LogP contribution is 2.37. The van der Waals surface area contributed by atoms with Crippen LogP contribution >= 0.6 is 34.3 Å². The molecular weight excluding hydrogens is 488 g/mol. The number of para-hydroxylation sites is 1. The van der Waals surface area contributed by atoms with Gasteiger partial charge < -0.3 is 10.1 Å². The van der Waals surface area contributed by atoms with Crippen molar-refractivity contribution in [3.05, 3.63) is 93.6 Å². The Kier molecular flexibility index (Phi) is 6.15. The minimum absolute atomic E-state index is 0.306. The van der Waals surface area contributed by atoms with Crippen LogP contribution in [0.1, 0.15) is 20.7 Å². The number of amides is 1. The van der Waals surface area contributed by atoms with Crippen LogP contribution in [0.15, 0.2) is 77.5 Å². The number of fused-ring (bicyclic) bond motifs is 1. The smallest absolute Gasteiger partial charge is 0.341 e. The molecule has 0 saturated heterocycles. The van der Waals surface area contributed by atoms with E-state index < -0.39 is 5.97 Å². The second-order valence-electron chi connectivity index (χ2n) is 7.36. The molecule has 0 aliphatic carbocycles. The number of hydrogen-bond acceptors (Lipinski definition) is 6. The molecule has 0 spiro atoms. The third-order valence-corrected chi connectivity index (χ3v) is 7.34. The lowest BCUT2D eigenvalue weighted by Gasteiger charge is -2.11. The zero-order valence-corrected chi connectivity index (χ0v) is 20.3. The van der Waals surface area contributed by atoms with Gasteiger partial charge in [0.2, 0.25) is 0 Å². The molecule has 0 fully saturated rings. The fourth-order valence-corrected chi connectivity index (χ4v) is 5.45. The predicted octanol–water partition coefficient (Wildman–Crippen LogP) is 7.38. The van der Waals surface area contributed by atoms with Gasteiger partial charge in [0, 0.05) is 21.4 Å². The molecule has 0 atom stereocenters. The van der Waals surface area contributed by atoms with Gasteiger partial charge in [-0.2, -0.15) is 0 Å². The van der Waals surface area contributed by atoms with Crippen molar-refractivity contribution >= 4 is 62.1 Å². The number of aromatic nitrogens is 1. The summed E-state index contributed by atoms with van der Waals surface area (Å²) in [6.07, 6.45) is 0. The van der Waals surface area contributed by atoms with Gasteiger partial charge in [-0.05, 0) is 41.3 Å². The average molecular weight is 505 g/mol. The van der Waals surface area contributed by atoms with Crippen molar-refractivity contribution in [1.29, 1.82) is 0 Å². The summed E-state index contributed by atoms with van der Waals surface area (Å²) < 4.78 is 5.03. The maximum absolute atomic E-state index is 13.5. The summed E-state index contributed by atoms with van der Waals surface area (Å²) in [5.74, 6) is -0.855. The molecule has 3 heterocycles. The van der Waals surface area contributed by atoms with Gasteiger partial charge >= 0.3 is 5.97 Å². The summed E-state index contributed by atoms with van der Waals surface area (Å²) in [6.45, 7) is 0. The minimum Gasteiger partial charge on any atom is -0.465 e. The number of rotatable bonds is 5. The largest absolute Gasteiger partial charge is 0.465 e. The number of carbonyl (C=O) groups is 2. The molecule has 0 unspecified atom stereocenters. The highest BCUT2D eigenvalue weighted by Gasteiger charge is 2.24. The monoisotopic (exact) mass is 504 g/mol. The van der Waals surface area contributed by atoms with Crippen molar-refractivity contribution in [2.75, 3.05) is 12.4 Å². The van der Waals surface area contributed by atoms with Gasteiger partial charge in [0.25, 0.3) is 5.91 Å². The van der Waals surface area contributed by atoms with E-state index in [0.29, 0.717) is 26.7 Å². The Labute approximate surface area is 208 Å². The summed E-state index contributed by atoms with van der Waals surface area (Å²) in [4.78, 5) is 31.9. The molecule has 0 radical (unpaired) electrons. The molecule has 0 aliphatic heterocycles. The number of hydrogen-bond donors (Lipinski definition) is 1. The summed E-state index contributed by atoms with van der Waals surface area (Å²) in [5.41, 5.74) is 3.70. The van der Waals surface area contributed by atoms with Crippen LogP contribution in [0.4, 0.5) is 5.00 Å². The summed E-state index contributed by atoms with van der Waals surface area (Å²) in [7, 11) is 1.32. The Morgan fingerprint density at radius 2 is 1.79 bits per heavy atom. The van der Waals surface area contributed by atoms with Crippen molar-refractivity contribution in [2.24, 2.45) is 0 Å². The lowest BCUT2D eigenvalue weighted by Crippen LogP contribution is -2.15. The first-order chi connectivity index (χ1) is 16.5. The van der Waals surface area contributed by atoms with Crippen LogP contribution in [0.25, 0.3) is 32.6 Å². The normalized spacial score (nSPS) is 10.9. The average Bonchev–Trinajstić information content (AvgIpc) is 3.54. The number of halogens is 1. The molecule has 168 valence electrons. The van der Waals surface area contributed by atoms with Gasteiger partial charge in [0.1, 0.15) is 10.6 Å². The second-order valence-corrected chi connectivity index (χ2v) is 9.62. The molecule has 1 N–H and O–H groups in total. The lowest BCUT2D eigenvalue weighted by atomic mass is 10.0. The molecule has 2 aromatic carbocycles. The zero-order chi connectivity index (χ0) is 23.7. The Balaban J connectivity index is 1.58. The summed E-state index contributed by atoms with van der Waals surface area (Å²) >= 11 is 8.85. The highest BCUT2D eigenvalue weighted by molar-refractivity contribution is 7.15. The van der Waals surface area contributed by atoms with Crippen LogP contribution in [0.2, 0.25) is 5.02 Å². The molecule has 5 aromatic rings. The molecule has 34 heavy (non-hydrogen) atoms. The first-order valence-corrected chi connectivity index (χ1v) is 12.4. The number of esters is 1. The van der Waals surface area contributed by atoms with E-state index in [4.69, 9.17) is 21.3 Å². The fourth-order valence-electron chi connectivity index (χ4n) is 3.68. The number of carbonyl (C=O) groups excluding carboxylic acids is 2. The lowest BCUT2D eigenvalue weighted by molar-refractivity contribution is 0.0603. The number of pyridine rings is 1. The van der Waals surface area contributed by atoms with Crippen LogP contribution < -0.4 is 5.32 Å². The van der Waals surface area contributed by atoms with E-state index in [1.165, 1.54) is 18.4 Å². The van der Waals surface area contributed by atoms with Gasteiger partial charge in [-0.15, -0.1) is 22.7 Å². The van der Waals surface area contributed by atoms with E-state index in [-0.39, 0.29) is 5.91 Å². The molecule has 5 nitrogen and oxygen atoms in total. The molecule has 8 heteroatoms. The van der Waals surface area contributed by atoms with Crippen LogP contribution in [-0.4, -0.2) is 24.0 Å². The number of anilines is 1. The number of nitrogens with zero attached hydrogens (tertiary/aromatic N) is 1. The molecular formula is C26H17ClN2O3S2. The Bertz CT molecular complexity index is 1510. The molecule has 0 aliphatic rings. The molecule has 0 saturated carbocycles. The van der Waals surface area contributed by atoms with E-state index in [9.17, 15) is 9.59 Å². The van der Waals surface area contributed by atoms with Crippen molar-refractivity contribution in [3.8, 4) is 21.7 Å². The van der Waals surface area contributed by atoms with Gasteiger partial charge in [-0.1, -0.05) is 48.0 Å². The zero-order valence-electron chi connectivity index (χ0n) is 17.9. The Morgan fingerprint density at radius 3 is 2.53 bits per heavy atom. The second kappa shape index (κ2) is 9.38. The molecule has 0 bridgehead atoms. The molecule has 1 amide bonds. The van der Waals surface area contributed by atoms with Crippen LogP contribution in [0, 0.1) is 0 Å². The Hall–Kier alpha value is -3.52. The van der Waals surface area contributed by atoms with Crippen molar-refractivity contribution in [2.45, 2.75) is 0 Å². The number of methoxy groups -OCH3 is 1. The molecule has 3 aromatic heterocycles. The van der Waals surface area contributed by atoms with Crippen molar-refractivity contribution in [1.82, 2.24) is 4.98 Å². The first kappa shape index (κ1) is 22.3. The third-order valence-electron chi connectivity index (χ3n) is 5.30. The Morgan fingerprint density at radius 1 is 1.00 bits per heavy atom. The first-order valence-electron chi connectivity index (χ1n) is 10.3. The van der Waals surface area contributed by atoms with Crippen LogP contribution in [0.3, 0.4) is 0 Å². The molecule has 5 rings (SSSR count). The van der Waals surface area contributed by atoms with Crippen LogP contribution in [-0.2, 0) is 4.74 Å². The highest BCUT2D eigenvalue weighted by atomic mass is 35.5. The minimum atomic E-state index is -0.527. The summed E-state index contributed by atoms with van der Waals surface area (Å²) in [5, 5.41) is 8.48. The van der Waals surface area contributed by atoms with E-state index in [0.717, 1.165) is 27.0 Å². The number of thiophene rings is 2. The van der Waals surface area contributed by atoms with Crippen LogP contribution in [0.5, 0.6) is 0 Å². The van der Waals surface area contributed by atoms with Gasteiger partial charge in [-0.3, -0.25) is 4.79 Å². The van der Waals surface area contributed by atoms with E-state index in [2.05, 4.69) is 5.32 Å². The fraction of sp³-hybridized carbons (Fsp3) is 0.0385. The van der Waals surface area contributed by atoms with Crippen molar-refractivity contribution < 1.29 is 14.3 Å². The van der Waals surface area contributed by atoms with Gasteiger partial charge in [0.15, 0.2) is 0 Å². The quantitative estimate of drug-likeness (QED) is 0.253. The topological polar surface area (TPSA) is 68.3 Å². The number of benzene rings is 2. The van der Waals surface area contributed by atoms with E-state index in [1.54, 1.807) is 29.5 Å². The van der Waals surface area contributed by atoms with Gasteiger partial charge in [0.05, 0.1) is 28.8 Å². The number of nitrogens with one attached hydrogen (secondary N) is 1. The summed E-state index contributed by atoms with van der Waals surface area (Å²) in [6, 6.07) is 20.4. The predicted molar refractivity (Wildman–Crippen MR) is 139 cm³/mol. The van der Waals surface area contributed by atoms with E-state index in [1.807, 2.05) is 59.3 Å². The maximum atomic E-state index is 13.5. The van der Waals surface area contributed by atoms with Crippen molar-refractivity contribution in [3.63, 3.8) is 0 Å². The standard InChI is InChI=1S/C26H17ClN2O3S2/c1-32-26(31)23-19(15-8-10-16(27)11-9-15)14-34-25(23)29-24(30)18-13-21(22-7-4-12-33-22)28-20-6-3-2-5-17(18)20/h2-14H,1H3,(H,29,30).